The van der Waals surface area contributed by atoms with Crippen molar-refractivity contribution in [1.82, 2.24) is 0 Å². The maximum atomic E-state index is 3.63. The van der Waals surface area contributed by atoms with Crippen molar-refractivity contribution >= 4 is 49.8 Å². The third kappa shape index (κ3) is 3.49. The fraction of sp³-hybridized carbons (Fsp3) is 0.0303. The number of hydrogen-bond donors (Lipinski definition) is 0. The van der Waals surface area contributed by atoms with E-state index in [1.807, 2.05) is 0 Å². The van der Waals surface area contributed by atoms with Crippen LogP contribution in [0.1, 0.15) is 11.1 Å². The Morgan fingerprint density at radius 2 is 1.17 bits per heavy atom. The summed E-state index contributed by atoms with van der Waals surface area (Å²) in [5, 5.41) is 2.63. The van der Waals surface area contributed by atoms with Gasteiger partial charge in [-0.05, 0) is 92.2 Å². The van der Waals surface area contributed by atoms with Gasteiger partial charge in [0.2, 0.25) is 0 Å². The quantitative estimate of drug-likeness (QED) is 0.201. The molecule has 0 amide bonds. The van der Waals surface area contributed by atoms with Crippen LogP contribution in [0.2, 0.25) is 0 Å². The molecule has 0 fully saturated rings. The van der Waals surface area contributed by atoms with Crippen molar-refractivity contribution in [2.45, 2.75) is 6.54 Å². The van der Waals surface area contributed by atoms with Gasteiger partial charge < -0.3 is 4.90 Å². The van der Waals surface area contributed by atoms with Crippen LogP contribution in [0.4, 0.5) is 5.69 Å². The number of benzene rings is 5. The molecule has 0 aromatic heterocycles. The lowest BCUT2D eigenvalue weighted by atomic mass is 9.86. The molecular formula is C33H21Br2N. The van der Waals surface area contributed by atoms with E-state index in [9.17, 15) is 0 Å². The van der Waals surface area contributed by atoms with E-state index >= 15 is 0 Å². The summed E-state index contributed by atoms with van der Waals surface area (Å²) in [5.74, 6) is 0. The summed E-state index contributed by atoms with van der Waals surface area (Å²) in [6.45, 7) is 0.839. The number of halogens is 2. The van der Waals surface area contributed by atoms with Crippen LogP contribution < -0.4 is 15.3 Å². The van der Waals surface area contributed by atoms with Crippen molar-refractivity contribution < 1.29 is 0 Å². The predicted molar refractivity (Wildman–Crippen MR) is 158 cm³/mol. The summed E-state index contributed by atoms with van der Waals surface area (Å²) in [6.07, 6.45) is 4.74. The molecule has 5 aromatic rings. The Balaban J connectivity index is 1.61. The molecule has 1 nitrogen and oxygen atoms in total. The molecule has 0 spiro atoms. The van der Waals surface area contributed by atoms with Gasteiger partial charge in [0.15, 0.2) is 0 Å². The van der Waals surface area contributed by atoms with Gasteiger partial charge in [0.05, 0.1) is 0 Å². The average molecular weight is 591 g/mol. The number of rotatable bonds is 3. The smallest absolute Gasteiger partial charge is 0.0489 e. The molecule has 0 saturated heterocycles. The number of nitrogens with zero attached hydrogens (tertiary/aromatic N) is 1. The van der Waals surface area contributed by atoms with Crippen molar-refractivity contribution in [1.29, 1.82) is 0 Å². The topological polar surface area (TPSA) is 3.24 Å². The van der Waals surface area contributed by atoms with Gasteiger partial charge in [-0.3, -0.25) is 0 Å². The number of anilines is 1. The molecule has 36 heavy (non-hydrogen) atoms. The molecule has 1 heterocycles. The Morgan fingerprint density at radius 1 is 0.556 bits per heavy atom. The van der Waals surface area contributed by atoms with E-state index in [0.29, 0.717) is 0 Å². The van der Waals surface area contributed by atoms with Crippen molar-refractivity contribution in [3.8, 4) is 33.4 Å². The van der Waals surface area contributed by atoms with Crippen molar-refractivity contribution in [2.24, 2.45) is 0 Å². The largest absolute Gasteiger partial charge is 0.343 e. The zero-order valence-corrected chi connectivity index (χ0v) is 22.6. The van der Waals surface area contributed by atoms with Gasteiger partial charge in [0, 0.05) is 32.6 Å². The molecule has 0 bridgehead atoms. The Labute approximate surface area is 227 Å². The lowest BCUT2D eigenvalue weighted by Gasteiger charge is -2.18. The third-order valence-corrected chi connectivity index (χ3v) is 8.24. The SMILES string of the molecule is Brc1ccc(-c2c3c(c(-c4ccc(Br)cc4)c4c2=CN(c2ccccc2)C4)=Cc2ccccc2-3)cc1. The maximum Gasteiger partial charge on any atom is 0.0489 e. The first-order valence-corrected chi connectivity index (χ1v) is 13.6. The van der Waals surface area contributed by atoms with E-state index in [1.165, 1.54) is 60.6 Å². The molecule has 7 rings (SSSR count). The minimum atomic E-state index is 0.839. The summed E-state index contributed by atoms with van der Waals surface area (Å²) in [5.41, 5.74) is 11.6. The second-order valence-electron chi connectivity index (χ2n) is 9.27. The van der Waals surface area contributed by atoms with Gasteiger partial charge in [-0.15, -0.1) is 0 Å². The van der Waals surface area contributed by atoms with Crippen LogP contribution in [-0.2, 0) is 6.54 Å². The molecule has 0 radical (unpaired) electrons. The second-order valence-corrected chi connectivity index (χ2v) is 11.1. The third-order valence-electron chi connectivity index (χ3n) is 7.18. The molecule has 1 aliphatic heterocycles. The molecule has 172 valence electrons. The van der Waals surface area contributed by atoms with Crippen LogP contribution in [0.3, 0.4) is 0 Å². The zero-order chi connectivity index (χ0) is 24.2. The number of para-hydroxylation sites is 1. The van der Waals surface area contributed by atoms with Gasteiger partial charge in [0.1, 0.15) is 0 Å². The lowest BCUT2D eigenvalue weighted by Crippen LogP contribution is -2.21. The van der Waals surface area contributed by atoms with E-state index in [-0.39, 0.29) is 0 Å². The number of hydrogen-bond acceptors (Lipinski definition) is 1. The van der Waals surface area contributed by atoms with Gasteiger partial charge in [-0.1, -0.05) is 98.6 Å². The van der Waals surface area contributed by atoms with Crippen molar-refractivity contribution in [3.05, 3.63) is 134 Å². The van der Waals surface area contributed by atoms with Crippen LogP contribution in [0.25, 0.3) is 45.7 Å². The Hall–Kier alpha value is -3.40. The Kier molecular flexibility index (Phi) is 5.23. The predicted octanol–water partition coefficient (Wildman–Crippen LogP) is 8.11. The molecular weight excluding hydrogens is 570 g/mol. The monoisotopic (exact) mass is 589 g/mol. The Morgan fingerprint density at radius 3 is 1.86 bits per heavy atom. The fourth-order valence-corrected chi connectivity index (χ4v) is 6.13. The summed E-state index contributed by atoms with van der Waals surface area (Å²) in [4.78, 5) is 2.39. The van der Waals surface area contributed by atoms with Gasteiger partial charge in [-0.2, -0.15) is 0 Å². The van der Waals surface area contributed by atoms with Gasteiger partial charge >= 0.3 is 0 Å². The Bertz CT molecular complexity index is 1750. The van der Waals surface area contributed by atoms with Gasteiger partial charge in [-0.25, -0.2) is 0 Å². The first kappa shape index (κ1) is 21.8. The van der Waals surface area contributed by atoms with Crippen LogP contribution in [0, 0.1) is 0 Å². The summed E-state index contributed by atoms with van der Waals surface area (Å²) in [6, 6.07) is 37.0. The van der Waals surface area contributed by atoms with Crippen LogP contribution in [-0.4, -0.2) is 0 Å². The molecule has 0 saturated carbocycles. The highest BCUT2D eigenvalue weighted by Gasteiger charge is 2.28. The summed E-state index contributed by atoms with van der Waals surface area (Å²) in [7, 11) is 0. The highest BCUT2D eigenvalue weighted by atomic mass is 79.9. The number of fused-ring (bicyclic) bond motifs is 4. The summed E-state index contributed by atoms with van der Waals surface area (Å²) < 4.78 is 2.18. The van der Waals surface area contributed by atoms with E-state index in [1.54, 1.807) is 0 Å². The van der Waals surface area contributed by atoms with Crippen LogP contribution >= 0.6 is 31.9 Å². The van der Waals surface area contributed by atoms with Crippen molar-refractivity contribution in [3.63, 3.8) is 0 Å². The molecule has 0 atom stereocenters. The van der Waals surface area contributed by atoms with Crippen LogP contribution in [0.5, 0.6) is 0 Å². The first-order chi connectivity index (χ1) is 17.7. The standard InChI is InChI=1S/C33H21Br2N/c34-24-14-10-21(11-15-24)31-28-18-23-6-4-5-9-27(23)33(28)32(22-12-16-25(35)17-13-22)30-20-36(19-29(30)31)26-7-2-1-3-8-26/h1-18,20H,19H2. The van der Waals surface area contributed by atoms with E-state index in [2.05, 4.69) is 152 Å². The lowest BCUT2D eigenvalue weighted by molar-refractivity contribution is 1.04. The molecule has 1 aliphatic carbocycles. The normalized spacial score (nSPS) is 13.0. The maximum absolute atomic E-state index is 3.63. The zero-order valence-electron chi connectivity index (χ0n) is 19.4. The molecule has 3 heteroatoms. The minimum Gasteiger partial charge on any atom is -0.343 e. The first-order valence-electron chi connectivity index (χ1n) is 12.0. The highest BCUT2D eigenvalue weighted by molar-refractivity contribution is 9.10. The average Bonchev–Trinajstić information content (AvgIpc) is 3.51. The fourth-order valence-electron chi connectivity index (χ4n) is 5.60. The van der Waals surface area contributed by atoms with Gasteiger partial charge in [0.25, 0.3) is 0 Å². The molecule has 0 unspecified atom stereocenters. The van der Waals surface area contributed by atoms with E-state index in [4.69, 9.17) is 0 Å². The molecule has 2 aliphatic rings. The molecule has 5 aromatic carbocycles. The van der Waals surface area contributed by atoms with E-state index < -0.39 is 0 Å². The second kappa shape index (κ2) is 8.62. The van der Waals surface area contributed by atoms with Crippen LogP contribution in [0.15, 0.2) is 112 Å². The van der Waals surface area contributed by atoms with Crippen molar-refractivity contribution in [2.75, 3.05) is 4.90 Å². The highest BCUT2D eigenvalue weighted by Crippen LogP contribution is 2.39. The van der Waals surface area contributed by atoms with E-state index in [0.717, 1.165) is 15.5 Å². The molecule has 0 N–H and O–H groups in total. The minimum absolute atomic E-state index is 0.839. The summed E-state index contributed by atoms with van der Waals surface area (Å²) >= 11 is 7.26.